The summed E-state index contributed by atoms with van der Waals surface area (Å²) in [6.45, 7) is 0. The topological polar surface area (TPSA) is 38.7 Å². The van der Waals surface area contributed by atoms with Gasteiger partial charge in [-0.25, -0.2) is 9.97 Å². The van der Waals surface area contributed by atoms with Gasteiger partial charge in [0.05, 0.1) is 11.4 Å². The number of benzene rings is 6. The summed E-state index contributed by atoms with van der Waals surface area (Å²) < 4.78 is 0. The Morgan fingerprint density at radius 1 is 0.449 bits per heavy atom. The van der Waals surface area contributed by atoms with Crippen molar-refractivity contribution in [2.24, 2.45) is 0 Å². The number of nitrogens with zero attached hydrogens (tertiary/aromatic N) is 3. The Hall–Kier alpha value is -6.10. The molecule has 1 aliphatic heterocycles. The molecule has 3 nitrogen and oxygen atoms in total. The van der Waals surface area contributed by atoms with E-state index in [9.17, 15) is 0 Å². The molecule has 0 saturated heterocycles. The van der Waals surface area contributed by atoms with Gasteiger partial charge in [0.1, 0.15) is 0 Å². The van der Waals surface area contributed by atoms with Crippen molar-refractivity contribution < 1.29 is 0 Å². The minimum Gasteiger partial charge on any atom is -0.264 e. The molecule has 0 fully saturated rings. The van der Waals surface area contributed by atoms with Crippen molar-refractivity contribution in [2.45, 2.75) is 9.79 Å². The number of pyridine rings is 1. The number of rotatable bonds is 3. The molecule has 0 N–H and O–H groups in total. The molecule has 2 aromatic heterocycles. The highest BCUT2D eigenvalue weighted by molar-refractivity contribution is 7.99. The van der Waals surface area contributed by atoms with Crippen molar-refractivity contribution in [1.82, 2.24) is 15.0 Å². The van der Waals surface area contributed by atoms with Crippen molar-refractivity contribution in [2.75, 3.05) is 0 Å². The highest BCUT2D eigenvalue weighted by Crippen LogP contribution is 2.47. The molecule has 0 radical (unpaired) electrons. The number of hydrogen-bond donors (Lipinski definition) is 0. The number of fused-ring (bicyclic) bond motifs is 8. The van der Waals surface area contributed by atoms with Gasteiger partial charge in [0.25, 0.3) is 0 Å². The van der Waals surface area contributed by atoms with Crippen LogP contribution in [0.5, 0.6) is 0 Å². The maximum atomic E-state index is 5.15. The summed E-state index contributed by atoms with van der Waals surface area (Å²) >= 11 is 1.85. The first-order valence-electron chi connectivity index (χ1n) is 16.3. The van der Waals surface area contributed by atoms with Crippen LogP contribution in [-0.4, -0.2) is 15.0 Å². The minimum absolute atomic E-state index is 0.684. The molecule has 0 aliphatic carbocycles. The zero-order chi connectivity index (χ0) is 32.6. The number of hydrogen-bond acceptors (Lipinski definition) is 4. The van der Waals surface area contributed by atoms with E-state index < -0.39 is 0 Å². The predicted octanol–water partition coefficient (Wildman–Crippen LogP) is 12.0. The first kappa shape index (κ1) is 29.1. The van der Waals surface area contributed by atoms with Crippen LogP contribution in [0.4, 0.5) is 0 Å². The van der Waals surface area contributed by atoms with Gasteiger partial charge in [-0.2, -0.15) is 0 Å². The fourth-order valence-corrected chi connectivity index (χ4v) is 7.83. The zero-order valence-corrected chi connectivity index (χ0v) is 27.3. The monoisotopic (exact) mass is 643 g/mol. The molecule has 8 aromatic rings. The quantitative estimate of drug-likeness (QED) is 0.192. The smallest absolute Gasteiger partial charge is 0.160 e. The Balaban J connectivity index is 1.30. The Kier molecular flexibility index (Phi) is 7.41. The Morgan fingerprint density at radius 2 is 1.16 bits per heavy atom. The lowest BCUT2D eigenvalue weighted by Gasteiger charge is -2.18. The third-order valence-corrected chi connectivity index (χ3v) is 10.2. The summed E-state index contributed by atoms with van der Waals surface area (Å²) in [6, 6.07) is 53.6. The van der Waals surface area contributed by atoms with Gasteiger partial charge in [-0.05, 0) is 74.5 Å². The molecule has 0 amide bonds. The molecule has 230 valence electrons. The van der Waals surface area contributed by atoms with Crippen LogP contribution in [0.2, 0.25) is 0 Å². The molecule has 9 rings (SSSR count). The first-order valence-corrected chi connectivity index (χ1v) is 17.2. The van der Waals surface area contributed by atoms with Crippen molar-refractivity contribution >= 4 is 34.7 Å². The van der Waals surface area contributed by atoms with E-state index in [0.717, 1.165) is 39.2 Å². The van der Waals surface area contributed by atoms with Crippen LogP contribution in [-0.2, 0) is 0 Å². The average molecular weight is 644 g/mol. The van der Waals surface area contributed by atoms with E-state index in [1.54, 1.807) is 6.20 Å². The van der Waals surface area contributed by atoms with E-state index in [1.165, 1.54) is 42.8 Å². The molecule has 0 unspecified atom stereocenters. The van der Waals surface area contributed by atoms with E-state index in [0.29, 0.717) is 5.82 Å². The van der Waals surface area contributed by atoms with Crippen LogP contribution >= 0.6 is 11.8 Å². The van der Waals surface area contributed by atoms with Crippen LogP contribution in [0.25, 0.3) is 79.1 Å². The van der Waals surface area contributed by atoms with Gasteiger partial charge in [-0.15, -0.1) is 0 Å². The second-order valence-electron chi connectivity index (χ2n) is 12.1. The summed E-state index contributed by atoms with van der Waals surface area (Å²) in [6.07, 6.45) is 8.15. The van der Waals surface area contributed by atoms with Gasteiger partial charge in [0, 0.05) is 38.9 Å². The molecule has 4 heteroatoms. The molecule has 0 bridgehead atoms. The van der Waals surface area contributed by atoms with Gasteiger partial charge in [-0.3, -0.25) is 4.98 Å². The predicted molar refractivity (Wildman–Crippen MR) is 204 cm³/mol. The van der Waals surface area contributed by atoms with Gasteiger partial charge in [0.2, 0.25) is 0 Å². The second-order valence-corrected chi connectivity index (χ2v) is 13.1. The average Bonchev–Trinajstić information content (AvgIpc) is 3.20. The summed E-state index contributed by atoms with van der Waals surface area (Å²) in [5, 5.41) is 2.46. The fraction of sp³-hybridized carbons (Fsp3) is 0. The summed E-state index contributed by atoms with van der Waals surface area (Å²) in [4.78, 5) is 17.0. The Morgan fingerprint density at radius 3 is 2.02 bits per heavy atom. The highest BCUT2D eigenvalue weighted by atomic mass is 32.2. The van der Waals surface area contributed by atoms with Crippen LogP contribution in [0, 0.1) is 0 Å². The van der Waals surface area contributed by atoms with Crippen LogP contribution in [0.3, 0.4) is 0 Å². The van der Waals surface area contributed by atoms with E-state index >= 15 is 0 Å². The Labute approximate surface area is 289 Å². The summed E-state index contributed by atoms with van der Waals surface area (Å²) in [7, 11) is 0. The third kappa shape index (κ3) is 5.52. The van der Waals surface area contributed by atoms with Gasteiger partial charge in [0.15, 0.2) is 5.82 Å². The normalized spacial score (nSPS) is 11.9. The zero-order valence-electron chi connectivity index (χ0n) is 26.5. The van der Waals surface area contributed by atoms with E-state index in [-0.39, 0.29) is 0 Å². The van der Waals surface area contributed by atoms with E-state index in [1.807, 2.05) is 48.3 Å². The lowest BCUT2D eigenvalue weighted by Crippen LogP contribution is -1.97. The van der Waals surface area contributed by atoms with Crippen LogP contribution in [0.1, 0.15) is 11.1 Å². The van der Waals surface area contributed by atoms with Crippen LogP contribution in [0.15, 0.2) is 174 Å². The van der Waals surface area contributed by atoms with E-state index in [4.69, 9.17) is 9.97 Å². The SMILES string of the molecule is C1=Cc2ccc(-c3cc(-c4cccnc4)nc(-c4ccccc4)n3)cc2-c2ccc3ccccc3c2Sc2ccccc2-c2ccccc21. The van der Waals surface area contributed by atoms with Crippen molar-refractivity contribution in [1.29, 1.82) is 0 Å². The molecule has 49 heavy (non-hydrogen) atoms. The van der Waals surface area contributed by atoms with Crippen molar-refractivity contribution in [3.8, 4) is 56.2 Å². The maximum Gasteiger partial charge on any atom is 0.160 e. The summed E-state index contributed by atoms with van der Waals surface area (Å²) in [5.74, 6) is 0.684. The second kappa shape index (κ2) is 12.5. The molecule has 1 aliphatic rings. The van der Waals surface area contributed by atoms with Crippen LogP contribution < -0.4 is 0 Å². The highest BCUT2D eigenvalue weighted by Gasteiger charge is 2.19. The van der Waals surface area contributed by atoms with Gasteiger partial charge >= 0.3 is 0 Å². The molecule has 3 heterocycles. The third-order valence-electron chi connectivity index (χ3n) is 9.03. The standard InChI is InChI=1S/C45H29N3S/c1-2-13-33(14-3-1)45-47-41(28-42(48-45)35-15-10-26-46-29-35)34-23-22-32-21-20-30-11-4-6-16-36(30)38-18-8-9-19-43(38)49-44-37-17-7-5-12-31(37)24-25-39(44)40(32)27-34/h1-29H. The molecular weight excluding hydrogens is 615 g/mol. The fourth-order valence-electron chi connectivity index (χ4n) is 6.59. The summed E-state index contributed by atoms with van der Waals surface area (Å²) in [5.41, 5.74) is 11.8. The first-order chi connectivity index (χ1) is 24.3. The van der Waals surface area contributed by atoms with E-state index in [2.05, 4.69) is 138 Å². The number of aromatic nitrogens is 3. The molecular formula is C45H29N3S. The maximum absolute atomic E-state index is 5.15. The van der Waals surface area contributed by atoms with Gasteiger partial charge in [-0.1, -0.05) is 145 Å². The van der Waals surface area contributed by atoms with Gasteiger partial charge < -0.3 is 0 Å². The molecule has 0 atom stereocenters. The molecule has 0 saturated carbocycles. The lowest BCUT2D eigenvalue weighted by molar-refractivity contribution is 1.18. The lowest BCUT2D eigenvalue weighted by atomic mass is 9.93. The molecule has 0 spiro atoms. The largest absolute Gasteiger partial charge is 0.264 e. The molecule has 6 aromatic carbocycles. The minimum atomic E-state index is 0.684. The van der Waals surface area contributed by atoms with Crippen molar-refractivity contribution in [3.05, 3.63) is 175 Å². The van der Waals surface area contributed by atoms with Crippen molar-refractivity contribution in [3.63, 3.8) is 0 Å². The Bertz CT molecular complexity index is 2470.